The molecule has 2 aromatic rings. The number of benzene rings is 2. The van der Waals surface area contributed by atoms with Crippen LogP contribution in [0, 0.1) is 0 Å². The van der Waals surface area contributed by atoms with Gasteiger partial charge in [0.15, 0.2) is 0 Å². The van der Waals surface area contributed by atoms with E-state index in [1.807, 2.05) is 0 Å². The molecule has 2 aromatic carbocycles. The van der Waals surface area contributed by atoms with Gasteiger partial charge in [-0.25, -0.2) is 0 Å². The molecule has 2 nitrogen and oxygen atoms in total. The number of phenols is 2. The van der Waals surface area contributed by atoms with E-state index >= 15 is 0 Å². The van der Waals surface area contributed by atoms with E-state index in [0.29, 0.717) is 51.1 Å². The van der Waals surface area contributed by atoms with Crippen LogP contribution in [0.25, 0.3) is 0 Å². The van der Waals surface area contributed by atoms with Crippen LogP contribution in [0.1, 0.15) is 151 Å². The zero-order valence-corrected chi connectivity index (χ0v) is 28.8. The molecule has 1 heterocycles. The summed E-state index contributed by atoms with van der Waals surface area (Å²) in [4.78, 5) is 0. The zero-order chi connectivity index (χ0) is 28.4. The van der Waals surface area contributed by atoms with Crippen LogP contribution in [0.2, 0.25) is 0 Å². The summed E-state index contributed by atoms with van der Waals surface area (Å²) in [6.45, 7) is 17.9. The molecule has 0 radical (unpaired) electrons. The van der Waals surface area contributed by atoms with Gasteiger partial charge in [-0.05, 0) is 0 Å². The molecular weight excluding hydrogens is 552 g/mol. The molecule has 0 aromatic heterocycles. The molecule has 4 atom stereocenters. The average molecular weight is 605 g/mol. The van der Waals surface area contributed by atoms with Gasteiger partial charge in [0.25, 0.3) is 0 Å². The Morgan fingerprint density at radius 2 is 1.00 bits per heavy atom. The molecule has 1 aliphatic heterocycles. The van der Waals surface area contributed by atoms with Crippen LogP contribution >= 0.6 is 15.9 Å². The molecule has 2 N–H and O–H groups in total. The number of aromatic hydroxyl groups is 2. The average Bonchev–Trinajstić information content (AvgIpc) is 3.14. The molecule has 39 heavy (non-hydrogen) atoms. The molecule has 216 valence electrons. The third-order valence-corrected chi connectivity index (χ3v) is 24.7. The SMILES string of the molecule is CC(C)c1cc(C[S]2=[Ti]=[S](Cc3cc(C(C)C)cc(C(C)C)c3O)[C@H]3CCCCCC[C@@H]32)c(O)c(C(C)C)c1. The molecule has 1 aliphatic carbocycles. The van der Waals surface area contributed by atoms with Gasteiger partial charge in [-0.2, -0.15) is 0 Å². The Labute approximate surface area is 249 Å². The van der Waals surface area contributed by atoms with Crippen molar-refractivity contribution in [2.24, 2.45) is 0 Å². The van der Waals surface area contributed by atoms with E-state index < -0.39 is 0 Å². The summed E-state index contributed by atoms with van der Waals surface area (Å²) in [6.07, 6.45) is 8.25. The molecule has 0 amide bonds. The van der Waals surface area contributed by atoms with E-state index in [1.165, 1.54) is 60.8 Å². The molecule has 4 rings (SSSR count). The van der Waals surface area contributed by atoms with Crippen molar-refractivity contribution in [1.82, 2.24) is 0 Å². The quantitative estimate of drug-likeness (QED) is 0.294. The Morgan fingerprint density at radius 3 is 1.33 bits per heavy atom. The van der Waals surface area contributed by atoms with E-state index in [1.54, 1.807) is 0 Å². The first kappa shape index (κ1) is 31.4. The van der Waals surface area contributed by atoms with Crippen molar-refractivity contribution >= 4 is 15.9 Å². The van der Waals surface area contributed by atoms with E-state index in [0.717, 1.165) is 33.1 Å². The van der Waals surface area contributed by atoms with Crippen molar-refractivity contribution in [3.05, 3.63) is 57.6 Å². The maximum atomic E-state index is 11.4. The minimum atomic E-state index is -0.188. The van der Waals surface area contributed by atoms with Crippen LogP contribution in [-0.4, -0.2) is 20.7 Å². The van der Waals surface area contributed by atoms with Gasteiger partial charge in [0.2, 0.25) is 0 Å². The predicted molar refractivity (Wildman–Crippen MR) is 170 cm³/mol. The number of hydrogen-bond donors (Lipinski definition) is 2. The predicted octanol–water partition coefficient (Wildman–Crippen LogP) is 10.8. The normalized spacial score (nSPS) is 23.6. The van der Waals surface area contributed by atoms with E-state index in [9.17, 15) is 10.2 Å². The molecule has 0 saturated heterocycles. The number of hydrogen-bond acceptors (Lipinski definition) is 2. The van der Waals surface area contributed by atoms with Crippen molar-refractivity contribution in [2.75, 3.05) is 0 Å². The number of phenolic OH excluding ortho intramolecular Hbond substituents is 2. The summed E-state index contributed by atoms with van der Waals surface area (Å²) >= 11 is -0.188. The first-order valence-corrected chi connectivity index (χ1v) is 22.1. The zero-order valence-electron chi connectivity index (χ0n) is 25.6. The molecular formula is C34H52O2S2Ti. The van der Waals surface area contributed by atoms with Gasteiger partial charge in [0.05, 0.1) is 0 Å². The molecule has 1 fully saturated rings. The van der Waals surface area contributed by atoms with Crippen LogP contribution in [0.5, 0.6) is 11.5 Å². The van der Waals surface area contributed by atoms with Crippen molar-refractivity contribution in [2.45, 2.75) is 140 Å². The third-order valence-electron chi connectivity index (χ3n) is 8.77. The fourth-order valence-electron chi connectivity index (χ4n) is 6.19. The van der Waals surface area contributed by atoms with Gasteiger partial charge in [0.1, 0.15) is 0 Å². The van der Waals surface area contributed by atoms with Crippen molar-refractivity contribution in [1.29, 1.82) is 0 Å². The van der Waals surface area contributed by atoms with E-state index in [4.69, 9.17) is 0 Å². The molecule has 2 aliphatic rings. The first-order valence-electron chi connectivity index (χ1n) is 15.3. The van der Waals surface area contributed by atoms with E-state index in [-0.39, 0.29) is 15.5 Å². The number of rotatable bonds is 8. The standard InChI is InChI=1S/C34H52O2S2.Ti/c1-21(2)25-15-27(33(35)29(17-25)23(5)6)19-37-31-13-11-9-10-12-14-32(31)38-20-28-16-26(22(3)4)18-30(24(7)8)34(28)36;/h15-18,21-24,31-32,35-36H,9-14,19-20H2,1-8H3;/t31-,32-;/m0./s1. The maximum absolute atomic E-state index is 11.4. The Bertz CT molecular complexity index is 1160. The van der Waals surface area contributed by atoms with Crippen molar-refractivity contribution in [3.63, 3.8) is 0 Å². The number of fused-ring (bicyclic) bond motifs is 1. The first-order chi connectivity index (χ1) is 18.5. The van der Waals surface area contributed by atoms with Crippen LogP contribution in [0.3, 0.4) is 0 Å². The van der Waals surface area contributed by atoms with Crippen molar-refractivity contribution in [3.8, 4) is 11.5 Å². The third kappa shape index (κ3) is 7.27. The van der Waals surface area contributed by atoms with Gasteiger partial charge in [0, 0.05) is 0 Å². The minimum absolute atomic E-state index is 0.188. The van der Waals surface area contributed by atoms with Gasteiger partial charge in [-0.3, -0.25) is 0 Å². The Hall–Kier alpha value is -0.546. The summed E-state index contributed by atoms with van der Waals surface area (Å²) < 4.78 is 0. The Kier molecular flexibility index (Phi) is 11.0. The fourth-order valence-corrected chi connectivity index (χ4v) is 27.0. The molecule has 2 unspecified atom stereocenters. The summed E-state index contributed by atoms with van der Waals surface area (Å²) in [6, 6.07) is 9.18. The molecule has 0 spiro atoms. The summed E-state index contributed by atoms with van der Waals surface area (Å²) in [5, 5.41) is 24.5. The molecule has 1 saturated carbocycles. The second kappa shape index (κ2) is 13.6. The fraction of sp³-hybridized carbons (Fsp3) is 0.647. The Balaban J connectivity index is 1.79. The summed E-state index contributed by atoms with van der Waals surface area (Å²) in [5.74, 6) is 4.91. The van der Waals surface area contributed by atoms with Crippen LogP contribution < -0.4 is 0 Å². The van der Waals surface area contributed by atoms with E-state index in [2.05, 4.69) is 79.7 Å². The van der Waals surface area contributed by atoms with Crippen LogP contribution in [0.4, 0.5) is 0 Å². The van der Waals surface area contributed by atoms with Crippen molar-refractivity contribution < 1.29 is 25.7 Å². The topological polar surface area (TPSA) is 40.5 Å². The van der Waals surface area contributed by atoms with Gasteiger partial charge >= 0.3 is 250 Å². The second-order valence-corrected chi connectivity index (χ2v) is 24.6. The molecule has 5 heteroatoms. The van der Waals surface area contributed by atoms with Gasteiger partial charge < -0.3 is 0 Å². The summed E-state index contributed by atoms with van der Waals surface area (Å²) in [5.41, 5.74) is 7.44. The second-order valence-electron chi connectivity index (χ2n) is 13.2. The van der Waals surface area contributed by atoms with Gasteiger partial charge in [-0.15, -0.1) is 0 Å². The Morgan fingerprint density at radius 1 is 0.615 bits per heavy atom. The van der Waals surface area contributed by atoms with Crippen LogP contribution in [0.15, 0.2) is 24.3 Å². The monoisotopic (exact) mass is 604 g/mol. The van der Waals surface area contributed by atoms with Crippen LogP contribution in [-0.2, 0) is 27.0 Å². The van der Waals surface area contributed by atoms with Gasteiger partial charge in [-0.1, -0.05) is 0 Å². The molecule has 0 bridgehead atoms. The summed E-state index contributed by atoms with van der Waals surface area (Å²) in [7, 11) is 0.780.